The highest BCUT2D eigenvalue weighted by Gasteiger charge is 2.20. The summed E-state index contributed by atoms with van der Waals surface area (Å²) in [5.41, 5.74) is -0.206. The number of halogens is 3. The molecule has 0 bridgehead atoms. The Morgan fingerprint density at radius 1 is 1.00 bits per heavy atom. The molecule has 108 valence electrons. The predicted octanol–water partition coefficient (Wildman–Crippen LogP) is 4.63. The van der Waals surface area contributed by atoms with E-state index in [1.807, 2.05) is 0 Å². The van der Waals surface area contributed by atoms with Gasteiger partial charge in [0.2, 0.25) is 5.43 Å². The molecule has 0 atom stereocenters. The third-order valence-corrected chi connectivity index (χ3v) is 4.26. The predicted molar refractivity (Wildman–Crippen MR) is 83.1 cm³/mol. The maximum atomic E-state index is 12.5. The molecule has 0 unspecified atom stereocenters. The number of benzene rings is 2. The SMILES string of the molecule is Cc1cc2c(=O)c3c(O)c(Cl)cc(Cl)c3oc2c(O)c1Cl. The summed E-state index contributed by atoms with van der Waals surface area (Å²) in [7, 11) is 0. The highest BCUT2D eigenvalue weighted by molar-refractivity contribution is 6.39. The number of hydrogen-bond acceptors (Lipinski definition) is 4. The van der Waals surface area contributed by atoms with Crippen LogP contribution in [0.5, 0.6) is 11.5 Å². The van der Waals surface area contributed by atoms with Gasteiger partial charge in [0.25, 0.3) is 0 Å². The number of fused-ring (bicyclic) bond motifs is 2. The lowest BCUT2D eigenvalue weighted by Gasteiger charge is -2.09. The minimum absolute atomic E-state index is 0.0443. The van der Waals surface area contributed by atoms with Gasteiger partial charge in [0.15, 0.2) is 16.9 Å². The van der Waals surface area contributed by atoms with E-state index < -0.39 is 11.2 Å². The lowest BCUT2D eigenvalue weighted by molar-refractivity contribution is 0.466. The molecule has 0 fully saturated rings. The molecule has 0 spiro atoms. The first-order valence-electron chi connectivity index (χ1n) is 5.78. The van der Waals surface area contributed by atoms with Gasteiger partial charge < -0.3 is 14.6 Å². The summed E-state index contributed by atoms with van der Waals surface area (Å²) in [6.45, 7) is 1.63. The molecule has 3 aromatic rings. The molecule has 0 aliphatic rings. The largest absolute Gasteiger partial charge is 0.505 e. The van der Waals surface area contributed by atoms with Crippen LogP contribution < -0.4 is 5.43 Å². The van der Waals surface area contributed by atoms with Gasteiger partial charge in [0.1, 0.15) is 11.1 Å². The Morgan fingerprint density at radius 2 is 1.67 bits per heavy atom. The van der Waals surface area contributed by atoms with E-state index in [0.29, 0.717) is 5.56 Å². The van der Waals surface area contributed by atoms with Gasteiger partial charge in [-0.2, -0.15) is 0 Å². The van der Waals surface area contributed by atoms with Crippen LogP contribution in [-0.2, 0) is 0 Å². The van der Waals surface area contributed by atoms with E-state index in [-0.39, 0.29) is 42.8 Å². The lowest BCUT2D eigenvalue weighted by atomic mass is 10.1. The Morgan fingerprint density at radius 3 is 2.33 bits per heavy atom. The first-order chi connectivity index (χ1) is 9.82. The van der Waals surface area contributed by atoms with Crippen LogP contribution >= 0.6 is 34.8 Å². The van der Waals surface area contributed by atoms with Crippen molar-refractivity contribution in [2.24, 2.45) is 0 Å². The first-order valence-corrected chi connectivity index (χ1v) is 6.92. The van der Waals surface area contributed by atoms with Gasteiger partial charge in [0.05, 0.1) is 20.5 Å². The zero-order chi connectivity index (χ0) is 15.5. The minimum atomic E-state index is -0.553. The topological polar surface area (TPSA) is 70.7 Å². The number of hydrogen-bond donors (Lipinski definition) is 2. The Bertz CT molecular complexity index is 975. The number of rotatable bonds is 0. The molecule has 0 amide bonds. The van der Waals surface area contributed by atoms with Crippen molar-refractivity contribution in [1.29, 1.82) is 0 Å². The lowest BCUT2D eigenvalue weighted by Crippen LogP contribution is -2.04. The van der Waals surface area contributed by atoms with Crippen molar-refractivity contribution in [2.75, 3.05) is 0 Å². The normalized spacial score (nSPS) is 11.4. The number of phenols is 2. The molecule has 2 N–H and O–H groups in total. The van der Waals surface area contributed by atoms with E-state index in [1.54, 1.807) is 6.92 Å². The summed E-state index contributed by atoms with van der Waals surface area (Å²) in [5, 5.41) is 20.0. The van der Waals surface area contributed by atoms with Crippen LogP contribution in [0.2, 0.25) is 15.1 Å². The molecule has 0 saturated heterocycles. The van der Waals surface area contributed by atoms with Gasteiger partial charge in [0, 0.05) is 0 Å². The highest BCUT2D eigenvalue weighted by atomic mass is 35.5. The standard InChI is InChI=1S/C14H7Cl3O4/c1-4-2-5-10(18)8-11(19)6(15)3-7(16)14(8)21-13(5)12(20)9(4)17/h2-3,19-20H,1H3. The minimum Gasteiger partial charge on any atom is -0.505 e. The van der Waals surface area contributed by atoms with E-state index in [1.165, 1.54) is 12.1 Å². The van der Waals surface area contributed by atoms with Crippen LogP contribution in [0.3, 0.4) is 0 Å². The van der Waals surface area contributed by atoms with Crippen molar-refractivity contribution in [1.82, 2.24) is 0 Å². The van der Waals surface area contributed by atoms with Crippen LogP contribution in [0.4, 0.5) is 0 Å². The van der Waals surface area contributed by atoms with Gasteiger partial charge >= 0.3 is 0 Å². The number of aromatic hydroxyl groups is 2. The van der Waals surface area contributed by atoms with Crippen molar-refractivity contribution < 1.29 is 14.6 Å². The Balaban J connectivity index is 2.69. The van der Waals surface area contributed by atoms with Crippen molar-refractivity contribution in [3.63, 3.8) is 0 Å². The second kappa shape index (κ2) is 4.70. The molecule has 1 heterocycles. The van der Waals surface area contributed by atoms with Crippen molar-refractivity contribution in [3.05, 3.63) is 43.0 Å². The van der Waals surface area contributed by atoms with E-state index in [0.717, 1.165) is 0 Å². The van der Waals surface area contributed by atoms with E-state index >= 15 is 0 Å². The zero-order valence-electron chi connectivity index (χ0n) is 10.5. The maximum Gasteiger partial charge on any atom is 0.204 e. The second-order valence-electron chi connectivity index (χ2n) is 4.56. The molecule has 4 nitrogen and oxygen atoms in total. The summed E-state index contributed by atoms with van der Waals surface area (Å²) < 4.78 is 5.48. The summed E-state index contributed by atoms with van der Waals surface area (Å²) in [5.74, 6) is -0.769. The molecular weight excluding hydrogens is 339 g/mol. The van der Waals surface area contributed by atoms with Crippen LogP contribution in [0, 0.1) is 6.92 Å². The molecule has 3 rings (SSSR count). The third kappa shape index (κ3) is 1.94. The molecular formula is C14H7Cl3O4. The zero-order valence-corrected chi connectivity index (χ0v) is 12.8. The fourth-order valence-electron chi connectivity index (χ4n) is 2.17. The quantitative estimate of drug-likeness (QED) is 0.583. The molecule has 0 aliphatic carbocycles. The van der Waals surface area contributed by atoms with Gasteiger partial charge in [-0.1, -0.05) is 34.8 Å². The van der Waals surface area contributed by atoms with Crippen molar-refractivity contribution >= 4 is 56.7 Å². The fraction of sp³-hybridized carbons (Fsp3) is 0.0714. The van der Waals surface area contributed by atoms with E-state index in [9.17, 15) is 15.0 Å². The highest BCUT2D eigenvalue weighted by Crippen LogP contribution is 2.40. The Labute approximate surface area is 133 Å². The van der Waals surface area contributed by atoms with Crippen LogP contribution in [0.1, 0.15) is 5.56 Å². The average molecular weight is 346 g/mol. The molecule has 0 radical (unpaired) electrons. The van der Waals surface area contributed by atoms with E-state index in [2.05, 4.69) is 0 Å². The van der Waals surface area contributed by atoms with Crippen molar-refractivity contribution in [2.45, 2.75) is 6.92 Å². The maximum absolute atomic E-state index is 12.5. The van der Waals surface area contributed by atoms with Gasteiger partial charge in [-0.25, -0.2) is 0 Å². The summed E-state index contributed by atoms with van der Waals surface area (Å²) in [6.07, 6.45) is 0. The second-order valence-corrected chi connectivity index (χ2v) is 5.75. The Hall–Kier alpha value is -1.62. The van der Waals surface area contributed by atoms with Gasteiger partial charge in [-0.05, 0) is 24.6 Å². The molecule has 21 heavy (non-hydrogen) atoms. The Kier molecular flexibility index (Phi) is 3.20. The van der Waals surface area contributed by atoms with E-state index in [4.69, 9.17) is 39.2 Å². The first kappa shape index (κ1) is 14.3. The molecule has 1 aromatic heterocycles. The van der Waals surface area contributed by atoms with Crippen LogP contribution in [0.15, 0.2) is 21.3 Å². The molecule has 0 aliphatic heterocycles. The van der Waals surface area contributed by atoms with Gasteiger partial charge in [-0.15, -0.1) is 0 Å². The fourth-order valence-corrected chi connectivity index (χ4v) is 2.81. The summed E-state index contributed by atoms with van der Waals surface area (Å²) >= 11 is 17.7. The molecule has 2 aromatic carbocycles. The average Bonchev–Trinajstić information content (AvgIpc) is 2.43. The van der Waals surface area contributed by atoms with Crippen LogP contribution in [0.25, 0.3) is 21.9 Å². The smallest absolute Gasteiger partial charge is 0.204 e. The third-order valence-electron chi connectivity index (χ3n) is 3.21. The number of phenolic OH excluding ortho intramolecular Hbond substituents is 2. The van der Waals surface area contributed by atoms with Crippen LogP contribution in [-0.4, -0.2) is 10.2 Å². The summed E-state index contributed by atoms with van der Waals surface area (Å²) in [4.78, 5) is 12.5. The monoisotopic (exact) mass is 344 g/mol. The molecule has 0 saturated carbocycles. The molecule has 7 heteroatoms. The number of aryl methyl sites for hydroxylation is 1. The van der Waals surface area contributed by atoms with Gasteiger partial charge in [-0.3, -0.25) is 4.79 Å². The summed E-state index contributed by atoms with van der Waals surface area (Å²) in [6, 6.07) is 2.72. The van der Waals surface area contributed by atoms with Crippen molar-refractivity contribution in [3.8, 4) is 11.5 Å².